The Morgan fingerprint density at radius 1 is 0.917 bits per heavy atom. The number of rotatable bonds is 0. The fourth-order valence-corrected chi connectivity index (χ4v) is 0.407. The zero-order valence-electron chi connectivity index (χ0n) is 9.73. The van der Waals surface area contributed by atoms with Crippen LogP contribution in [-0.2, 0) is 0 Å². The minimum absolute atomic E-state index is 1.29. The van der Waals surface area contributed by atoms with Crippen LogP contribution in [0.15, 0.2) is 18.5 Å². The number of aryl methyl sites for hydroxylation is 1. The lowest BCUT2D eigenvalue weighted by Gasteiger charge is -1.65. The third kappa shape index (κ3) is 16.1. The van der Waals surface area contributed by atoms with E-state index in [1.54, 1.807) is 0 Å². The number of nitrogens with one attached hydrogen (secondary N) is 1. The van der Waals surface area contributed by atoms with Gasteiger partial charge in [-0.1, -0.05) is 41.5 Å². The van der Waals surface area contributed by atoms with Gasteiger partial charge in [-0.05, 0) is 18.6 Å². The minimum atomic E-state index is 1.29. The van der Waals surface area contributed by atoms with Gasteiger partial charge in [0.2, 0.25) is 0 Å². The maximum atomic E-state index is 2.93. The van der Waals surface area contributed by atoms with Crippen molar-refractivity contribution >= 4 is 0 Å². The average Bonchev–Trinajstić information content (AvgIpc) is 2.66. The van der Waals surface area contributed by atoms with Crippen LogP contribution in [0.4, 0.5) is 0 Å². The molecule has 0 spiro atoms. The van der Waals surface area contributed by atoms with Gasteiger partial charge >= 0.3 is 0 Å². The van der Waals surface area contributed by atoms with Crippen LogP contribution in [0.5, 0.6) is 0 Å². The number of aromatic amines is 1. The van der Waals surface area contributed by atoms with Crippen LogP contribution in [0.3, 0.4) is 0 Å². The van der Waals surface area contributed by atoms with Crippen LogP contribution >= 0.6 is 0 Å². The zero-order valence-corrected chi connectivity index (χ0v) is 9.73. The molecular weight excluding hydrogens is 146 g/mol. The van der Waals surface area contributed by atoms with Gasteiger partial charge in [0.05, 0.1) is 0 Å². The van der Waals surface area contributed by atoms with E-state index in [1.807, 2.05) is 60.0 Å². The smallest absolute Gasteiger partial charge is 0.00345 e. The molecule has 1 nitrogen and oxygen atoms in total. The Morgan fingerprint density at radius 2 is 1.33 bits per heavy atom. The molecule has 1 heteroatoms. The lowest BCUT2D eigenvalue weighted by molar-refractivity contribution is 1.39. The van der Waals surface area contributed by atoms with Gasteiger partial charge in [0.15, 0.2) is 0 Å². The molecule has 0 aliphatic carbocycles. The van der Waals surface area contributed by atoms with E-state index < -0.39 is 0 Å². The monoisotopic (exact) mass is 171 g/mol. The number of hydrogen-bond acceptors (Lipinski definition) is 0. The van der Waals surface area contributed by atoms with Crippen molar-refractivity contribution in [2.75, 3.05) is 0 Å². The van der Waals surface area contributed by atoms with Gasteiger partial charge in [-0.25, -0.2) is 0 Å². The van der Waals surface area contributed by atoms with Gasteiger partial charge in [-0.15, -0.1) is 0 Å². The molecule has 1 N–H and O–H groups in total. The first kappa shape index (κ1) is 17.4. The second-order valence-corrected chi connectivity index (χ2v) is 1.39. The molecule has 1 aromatic rings. The molecule has 0 bridgehead atoms. The molecule has 1 rings (SSSR count). The summed E-state index contributed by atoms with van der Waals surface area (Å²) >= 11 is 0. The van der Waals surface area contributed by atoms with Gasteiger partial charge in [0.25, 0.3) is 0 Å². The van der Waals surface area contributed by atoms with Crippen molar-refractivity contribution in [1.82, 2.24) is 4.98 Å². The van der Waals surface area contributed by atoms with Crippen molar-refractivity contribution in [2.45, 2.75) is 48.5 Å². The highest BCUT2D eigenvalue weighted by Crippen LogP contribution is 1.88. The molecule has 0 aliphatic heterocycles. The summed E-state index contributed by atoms with van der Waals surface area (Å²) in [6, 6.07) is 2.03. The molecule has 74 valence electrons. The summed E-state index contributed by atoms with van der Waals surface area (Å²) in [4.78, 5) is 2.93. The maximum Gasteiger partial charge on any atom is 0.00345 e. The van der Waals surface area contributed by atoms with Crippen LogP contribution in [0.25, 0.3) is 0 Å². The molecule has 1 heterocycles. The van der Waals surface area contributed by atoms with Crippen molar-refractivity contribution < 1.29 is 0 Å². The Balaban J connectivity index is -0.000000117. The lowest BCUT2D eigenvalue weighted by Crippen LogP contribution is -1.50. The molecule has 0 amide bonds. The zero-order chi connectivity index (χ0) is 10.4. The second-order valence-electron chi connectivity index (χ2n) is 1.39. The first-order chi connectivity index (χ1) is 5.89. The van der Waals surface area contributed by atoms with Crippen LogP contribution in [0.2, 0.25) is 0 Å². The molecule has 0 unspecified atom stereocenters. The van der Waals surface area contributed by atoms with Crippen LogP contribution in [0.1, 0.15) is 47.1 Å². The first-order valence-electron chi connectivity index (χ1n) is 4.99. The van der Waals surface area contributed by atoms with E-state index in [9.17, 15) is 0 Å². The molecule has 0 saturated heterocycles. The topological polar surface area (TPSA) is 15.8 Å². The van der Waals surface area contributed by atoms with E-state index in [4.69, 9.17) is 0 Å². The molecule has 0 aliphatic rings. The number of aromatic nitrogens is 1. The Labute approximate surface area is 78.2 Å². The van der Waals surface area contributed by atoms with E-state index in [0.29, 0.717) is 0 Å². The molecule has 0 atom stereocenters. The predicted molar refractivity (Wildman–Crippen MR) is 59.6 cm³/mol. The van der Waals surface area contributed by atoms with Crippen molar-refractivity contribution in [3.63, 3.8) is 0 Å². The lowest BCUT2D eigenvalue weighted by atomic mass is 10.4. The van der Waals surface area contributed by atoms with Crippen molar-refractivity contribution in [3.05, 3.63) is 24.0 Å². The number of hydrogen-bond donors (Lipinski definition) is 1. The van der Waals surface area contributed by atoms with Gasteiger partial charge in [-0.3, -0.25) is 0 Å². The van der Waals surface area contributed by atoms with Gasteiger partial charge < -0.3 is 4.98 Å². The minimum Gasteiger partial charge on any atom is -0.367 e. The molecule has 0 saturated carbocycles. The summed E-state index contributed by atoms with van der Waals surface area (Å²) in [5.41, 5.74) is 1.29. The standard InChI is InChI=1S/C5H7N.3C2H6/c1-5-2-3-6-4-5;3*1-2/h2-4,6H,1H3;3*1-2H3. The predicted octanol–water partition coefficient (Wildman–Crippen LogP) is 4.40. The first-order valence-corrected chi connectivity index (χ1v) is 4.99. The Hall–Kier alpha value is -0.720. The van der Waals surface area contributed by atoms with E-state index >= 15 is 0 Å². The largest absolute Gasteiger partial charge is 0.367 e. The van der Waals surface area contributed by atoms with Crippen molar-refractivity contribution in [1.29, 1.82) is 0 Å². The van der Waals surface area contributed by atoms with Crippen molar-refractivity contribution in [3.8, 4) is 0 Å². The number of H-pyrrole nitrogens is 1. The fourth-order valence-electron chi connectivity index (χ4n) is 0.407. The normalized spacial score (nSPS) is 5.92. The summed E-state index contributed by atoms with van der Waals surface area (Å²) in [5.74, 6) is 0. The Kier molecular flexibility index (Phi) is 32.5. The maximum absolute atomic E-state index is 2.93. The quantitative estimate of drug-likeness (QED) is 0.595. The Bertz CT molecular complexity index is 109. The molecule has 0 aromatic carbocycles. The molecule has 0 fully saturated rings. The highest BCUT2D eigenvalue weighted by molar-refractivity contribution is 5.03. The summed E-state index contributed by atoms with van der Waals surface area (Å²) in [6.07, 6.45) is 3.87. The van der Waals surface area contributed by atoms with Crippen LogP contribution in [0, 0.1) is 6.92 Å². The Morgan fingerprint density at radius 3 is 1.42 bits per heavy atom. The van der Waals surface area contributed by atoms with Crippen LogP contribution < -0.4 is 0 Å². The average molecular weight is 171 g/mol. The summed E-state index contributed by atoms with van der Waals surface area (Å²) in [7, 11) is 0. The molecule has 12 heavy (non-hydrogen) atoms. The van der Waals surface area contributed by atoms with E-state index in [2.05, 4.69) is 11.9 Å². The second kappa shape index (κ2) is 22.4. The molecular formula is C11H25N. The van der Waals surface area contributed by atoms with Gasteiger partial charge in [-0.2, -0.15) is 0 Å². The summed E-state index contributed by atoms with van der Waals surface area (Å²) in [5, 5.41) is 0. The van der Waals surface area contributed by atoms with Crippen LogP contribution in [-0.4, -0.2) is 4.98 Å². The van der Waals surface area contributed by atoms with Gasteiger partial charge in [0.1, 0.15) is 0 Å². The third-order valence-electron chi connectivity index (χ3n) is 0.753. The summed E-state index contributed by atoms with van der Waals surface area (Å²) < 4.78 is 0. The molecule has 0 radical (unpaired) electrons. The fraction of sp³-hybridized carbons (Fsp3) is 0.636. The SMILES string of the molecule is CC.CC.CC.Cc1cc[nH]c1. The third-order valence-corrected chi connectivity index (χ3v) is 0.753. The summed E-state index contributed by atoms with van der Waals surface area (Å²) in [6.45, 7) is 14.1. The van der Waals surface area contributed by atoms with E-state index in [0.717, 1.165) is 0 Å². The van der Waals surface area contributed by atoms with Gasteiger partial charge in [0, 0.05) is 12.4 Å². The van der Waals surface area contributed by atoms with Crippen molar-refractivity contribution in [2.24, 2.45) is 0 Å². The molecule has 1 aromatic heterocycles. The highest BCUT2D eigenvalue weighted by atomic mass is 14.6. The van der Waals surface area contributed by atoms with E-state index in [1.165, 1.54) is 5.56 Å². The van der Waals surface area contributed by atoms with E-state index in [-0.39, 0.29) is 0 Å². The highest BCUT2D eigenvalue weighted by Gasteiger charge is 1.73.